The summed E-state index contributed by atoms with van der Waals surface area (Å²) in [5, 5.41) is 6.88. The van der Waals surface area contributed by atoms with E-state index in [0.717, 1.165) is 36.3 Å². The molecule has 2 aromatic rings. The number of anilines is 2. The molecule has 0 fully saturated rings. The number of hydrogen-bond acceptors (Lipinski definition) is 2. The van der Waals surface area contributed by atoms with Gasteiger partial charge in [0, 0.05) is 28.5 Å². The number of carbonyl (C=O) groups is 1. The molecule has 2 aromatic carbocycles. The Morgan fingerprint density at radius 3 is 2.90 bits per heavy atom. The molecule has 0 aromatic heterocycles. The lowest BCUT2D eigenvalue weighted by Gasteiger charge is -2.18. The quantitative estimate of drug-likeness (QED) is 0.870. The highest BCUT2D eigenvalue weighted by molar-refractivity contribution is 6.31. The van der Waals surface area contributed by atoms with Crippen molar-refractivity contribution in [3.05, 3.63) is 58.1 Å². The van der Waals surface area contributed by atoms with Crippen LogP contribution in [0.25, 0.3) is 0 Å². The first-order chi connectivity index (χ1) is 10.1. The molecule has 2 N–H and O–H groups in total. The van der Waals surface area contributed by atoms with Gasteiger partial charge in [0.1, 0.15) is 0 Å². The van der Waals surface area contributed by atoms with E-state index in [0.29, 0.717) is 10.6 Å². The van der Waals surface area contributed by atoms with Crippen molar-refractivity contribution in [2.45, 2.75) is 19.8 Å². The SMILES string of the molecule is Cc1cc(Cl)cc(C(=O)Nc2ccc3c(c2)CCCN3)c1. The lowest BCUT2D eigenvalue weighted by Crippen LogP contribution is -2.14. The minimum absolute atomic E-state index is 0.135. The number of rotatable bonds is 2. The molecule has 0 unspecified atom stereocenters. The smallest absolute Gasteiger partial charge is 0.255 e. The van der Waals surface area contributed by atoms with Gasteiger partial charge in [-0.25, -0.2) is 0 Å². The Morgan fingerprint density at radius 1 is 1.24 bits per heavy atom. The highest BCUT2D eigenvalue weighted by Crippen LogP contribution is 2.25. The molecule has 1 aliphatic heterocycles. The zero-order valence-electron chi connectivity index (χ0n) is 11.9. The van der Waals surface area contributed by atoms with E-state index in [1.54, 1.807) is 6.07 Å². The monoisotopic (exact) mass is 300 g/mol. The molecule has 4 heteroatoms. The van der Waals surface area contributed by atoms with Crippen LogP contribution in [0, 0.1) is 6.92 Å². The van der Waals surface area contributed by atoms with Crippen LogP contribution in [0.3, 0.4) is 0 Å². The number of carbonyl (C=O) groups excluding carboxylic acids is 1. The molecule has 0 spiro atoms. The molecule has 1 amide bonds. The van der Waals surface area contributed by atoms with Crippen LogP contribution in [-0.4, -0.2) is 12.5 Å². The van der Waals surface area contributed by atoms with E-state index in [-0.39, 0.29) is 5.91 Å². The van der Waals surface area contributed by atoms with Crippen molar-refractivity contribution in [2.75, 3.05) is 17.2 Å². The topological polar surface area (TPSA) is 41.1 Å². The Balaban J connectivity index is 1.81. The first-order valence-corrected chi connectivity index (χ1v) is 7.45. The van der Waals surface area contributed by atoms with Crippen LogP contribution in [0.15, 0.2) is 36.4 Å². The number of benzene rings is 2. The van der Waals surface area contributed by atoms with Crippen LogP contribution in [-0.2, 0) is 6.42 Å². The van der Waals surface area contributed by atoms with Crippen LogP contribution >= 0.6 is 11.6 Å². The molecular weight excluding hydrogens is 284 g/mol. The fourth-order valence-corrected chi connectivity index (χ4v) is 2.91. The van der Waals surface area contributed by atoms with E-state index < -0.39 is 0 Å². The van der Waals surface area contributed by atoms with E-state index in [4.69, 9.17) is 11.6 Å². The van der Waals surface area contributed by atoms with E-state index in [2.05, 4.69) is 10.6 Å². The molecule has 0 atom stereocenters. The Labute approximate surface area is 129 Å². The van der Waals surface area contributed by atoms with Crippen molar-refractivity contribution < 1.29 is 4.79 Å². The maximum atomic E-state index is 12.3. The van der Waals surface area contributed by atoms with Gasteiger partial charge < -0.3 is 10.6 Å². The summed E-state index contributed by atoms with van der Waals surface area (Å²) in [4.78, 5) is 12.3. The Morgan fingerprint density at radius 2 is 2.10 bits per heavy atom. The first kappa shape index (κ1) is 14.0. The molecule has 1 heterocycles. The van der Waals surface area contributed by atoms with Gasteiger partial charge in [-0.15, -0.1) is 0 Å². The lowest BCUT2D eigenvalue weighted by molar-refractivity contribution is 0.102. The van der Waals surface area contributed by atoms with Crippen molar-refractivity contribution >= 4 is 28.9 Å². The van der Waals surface area contributed by atoms with Gasteiger partial charge >= 0.3 is 0 Å². The third-order valence-corrected chi connectivity index (χ3v) is 3.82. The number of aryl methyl sites for hydroxylation is 2. The summed E-state index contributed by atoms with van der Waals surface area (Å²) in [7, 11) is 0. The molecule has 3 nitrogen and oxygen atoms in total. The lowest BCUT2D eigenvalue weighted by atomic mass is 10.0. The molecule has 21 heavy (non-hydrogen) atoms. The largest absolute Gasteiger partial charge is 0.385 e. The average molecular weight is 301 g/mol. The average Bonchev–Trinajstić information content (AvgIpc) is 2.46. The van der Waals surface area contributed by atoms with E-state index in [9.17, 15) is 4.79 Å². The summed E-state index contributed by atoms with van der Waals surface area (Å²) < 4.78 is 0. The molecule has 0 saturated heterocycles. The van der Waals surface area contributed by atoms with Gasteiger partial charge in [0.05, 0.1) is 0 Å². The Bertz CT molecular complexity index is 677. The second-order valence-electron chi connectivity index (χ2n) is 5.37. The number of halogens is 1. The molecular formula is C17H17ClN2O. The van der Waals surface area contributed by atoms with Crippen LogP contribution in [0.4, 0.5) is 11.4 Å². The zero-order chi connectivity index (χ0) is 14.8. The standard InChI is InChI=1S/C17H17ClN2O/c1-11-7-13(9-14(18)8-11)17(21)20-15-4-5-16-12(10-15)3-2-6-19-16/h4-5,7-10,19H,2-3,6H2,1H3,(H,20,21). The molecule has 0 radical (unpaired) electrons. The minimum atomic E-state index is -0.135. The molecule has 108 valence electrons. The second-order valence-corrected chi connectivity index (χ2v) is 5.81. The molecule has 0 bridgehead atoms. The van der Waals surface area contributed by atoms with Crippen molar-refractivity contribution in [1.82, 2.24) is 0 Å². The third kappa shape index (κ3) is 3.19. The number of amides is 1. The zero-order valence-corrected chi connectivity index (χ0v) is 12.6. The van der Waals surface area contributed by atoms with E-state index in [1.807, 2.05) is 37.3 Å². The maximum absolute atomic E-state index is 12.3. The second kappa shape index (κ2) is 5.78. The number of hydrogen-bond donors (Lipinski definition) is 2. The van der Waals surface area contributed by atoms with Crippen molar-refractivity contribution in [1.29, 1.82) is 0 Å². The third-order valence-electron chi connectivity index (χ3n) is 3.61. The first-order valence-electron chi connectivity index (χ1n) is 7.07. The summed E-state index contributed by atoms with van der Waals surface area (Å²) >= 11 is 6.00. The predicted molar refractivity (Wildman–Crippen MR) is 87.4 cm³/mol. The van der Waals surface area contributed by atoms with Crippen molar-refractivity contribution in [3.63, 3.8) is 0 Å². The number of fused-ring (bicyclic) bond motifs is 1. The maximum Gasteiger partial charge on any atom is 0.255 e. The molecule has 1 aliphatic rings. The summed E-state index contributed by atoms with van der Waals surface area (Å²) in [5.41, 5.74) is 4.79. The fourth-order valence-electron chi connectivity index (χ4n) is 2.62. The summed E-state index contributed by atoms with van der Waals surface area (Å²) in [6, 6.07) is 11.3. The minimum Gasteiger partial charge on any atom is -0.385 e. The van der Waals surface area contributed by atoms with Gasteiger partial charge in [-0.3, -0.25) is 4.79 Å². The van der Waals surface area contributed by atoms with Crippen LogP contribution in [0.2, 0.25) is 5.02 Å². The normalized spacial score (nSPS) is 13.2. The van der Waals surface area contributed by atoms with Crippen LogP contribution < -0.4 is 10.6 Å². The fraction of sp³-hybridized carbons (Fsp3) is 0.235. The number of nitrogens with one attached hydrogen (secondary N) is 2. The van der Waals surface area contributed by atoms with Gasteiger partial charge in [-0.05, 0) is 67.3 Å². The van der Waals surface area contributed by atoms with Crippen molar-refractivity contribution in [3.8, 4) is 0 Å². The highest BCUT2D eigenvalue weighted by atomic mass is 35.5. The van der Waals surface area contributed by atoms with Gasteiger partial charge in [0.2, 0.25) is 0 Å². The summed E-state index contributed by atoms with van der Waals surface area (Å²) in [6.07, 6.45) is 2.17. The van der Waals surface area contributed by atoms with Crippen LogP contribution in [0.5, 0.6) is 0 Å². The van der Waals surface area contributed by atoms with Gasteiger partial charge in [-0.2, -0.15) is 0 Å². The molecule has 0 aliphatic carbocycles. The van der Waals surface area contributed by atoms with Gasteiger partial charge in [0.25, 0.3) is 5.91 Å². The Hall–Kier alpha value is -2.00. The van der Waals surface area contributed by atoms with Crippen LogP contribution in [0.1, 0.15) is 27.9 Å². The Kier molecular flexibility index (Phi) is 3.84. The van der Waals surface area contributed by atoms with E-state index in [1.165, 1.54) is 5.56 Å². The molecule has 0 saturated carbocycles. The summed E-state index contributed by atoms with van der Waals surface area (Å²) in [6.45, 7) is 2.94. The van der Waals surface area contributed by atoms with Crippen molar-refractivity contribution in [2.24, 2.45) is 0 Å². The van der Waals surface area contributed by atoms with Gasteiger partial charge in [0.15, 0.2) is 0 Å². The summed E-state index contributed by atoms with van der Waals surface area (Å²) in [5.74, 6) is -0.135. The van der Waals surface area contributed by atoms with E-state index >= 15 is 0 Å². The predicted octanol–water partition coefficient (Wildman–Crippen LogP) is 4.26. The molecule has 3 rings (SSSR count). The van der Waals surface area contributed by atoms with Gasteiger partial charge in [-0.1, -0.05) is 11.6 Å². The highest BCUT2D eigenvalue weighted by Gasteiger charge is 2.11.